The van der Waals surface area contributed by atoms with Crippen LogP contribution in [0, 0.1) is 22.7 Å². The van der Waals surface area contributed by atoms with Crippen LogP contribution in [-0.4, -0.2) is 37.5 Å². The van der Waals surface area contributed by atoms with Crippen molar-refractivity contribution in [2.45, 2.75) is 38.5 Å². The average Bonchev–Trinajstić information content (AvgIpc) is 2.86. The first-order valence-electron chi connectivity index (χ1n) is 7.04. The number of nitrogens with zero attached hydrogens (tertiary/aromatic N) is 2. The van der Waals surface area contributed by atoms with Gasteiger partial charge in [0.25, 0.3) is 0 Å². The largest absolute Gasteiger partial charge is 0.354 e. The topological polar surface area (TPSA) is 56.1 Å². The van der Waals surface area contributed by atoms with Crippen LogP contribution in [0.2, 0.25) is 0 Å². The van der Waals surface area contributed by atoms with Crippen LogP contribution in [0.4, 0.5) is 0 Å². The molecule has 1 N–H and O–H groups in total. The number of hydrogen-bond acceptors (Lipinski definition) is 3. The average molecular weight is 249 g/mol. The predicted molar refractivity (Wildman–Crippen MR) is 69.7 cm³/mol. The van der Waals surface area contributed by atoms with Crippen molar-refractivity contribution in [1.29, 1.82) is 5.26 Å². The number of amides is 1. The Labute approximate surface area is 109 Å². The van der Waals surface area contributed by atoms with Crippen molar-refractivity contribution >= 4 is 5.91 Å². The van der Waals surface area contributed by atoms with Crippen LogP contribution in [0.1, 0.15) is 38.5 Å². The first-order chi connectivity index (χ1) is 8.66. The van der Waals surface area contributed by atoms with Gasteiger partial charge >= 0.3 is 0 Å². The Balaban J connectivity index is 1.82. The summed E-state index contributed by atoms with van der Waals surface area (Å²) in [5.41, 5.74) is -0.722. The fourth-order valence-corrected chi connectivity index (χ4v) is 3.21. The molecule has 2 fully saturated rings. The van der Waals surface area contributed by atoms with Crippen molar-refractivity contribution in [2.24, 2.45) is 11.3 Å². The van der Waals surface area contributed by atoms with Crippen LogP contribution >= 0.6 is 0 Å². The molecule has 4 heteroatoms. The molecule has 1 amide bonds. The summed E-state index contributed by atoms with van der Waals surface area (Å²) in [6.45, 7) is 2.94. The van der Waals surface area contributed by atoms with E-state index in [0.29, 0.717) is 5.92 Å². The Morgan fingerprint density at radius 2 is 2.17 bits per heavy atom. The molecule has 2 aliphatic rings. The highest BCUT2D eigenvalue weighted by atomic mass is 16.2. The Kier molecular flexibility index (Phi) is 4.23. The first kappa shape index (κ1) is 13.4. The SMILES string of the molecule is CN1CCCC(CNC(=O)C2(C#N)CCCC2)C1. The van der Waals surface area contributed by atoms with Gasteiger partial charge < -0.3 is 10.2 Å². The Bertz CT molecular complexity index is 341. The highest BCUT2D eigenvalue weighted by Crippen LogP contribution is 2.37. The molecule has 1 aliphatic carbocycles. The van der Waals surface area contributed by atoms with Crippen LogP contribution in [0.25, 0.3) is 0 Å². The maximum Gasteiger partial charge on any atom is 0.240 e. The molecule has 1 unspecified atom stereocenters. The van der Waals surface area contributed by atoms with E-state index in [1.54, 1.807) is 0 Å². The Morgan fingerprint density at radius 3 is 2.78 bits per heavy atom. The van der Waals surface area contributed by atoms with Gasteiger partial charge in [0.2, 0.25) is 5.91 Å². The van der Waals surface area contributed by atoms with Gasteiger partial charge in [-0.2, -0.15) is 5.26 Å². The highest BCUT2D eigenvalue weighted by Gasteiger charge is 2.41. The van der Waals surface area contributed by atoms with Gasteiger partial charge in [-0.15, -0.1) is 0 Å². The molecule has 0 radical (unpaired) electrons. The monoisotopic (exact) mass is 249 g/mol. The number of likely N-dealkylation sites (tertiary alicyclic amines) is 1. The molecule has 1 saturated carbocycles. The van der Waals surface area contributed by atoms with Crippen molar-refractivity contribution in [1.82, 2.24) is 10.2 Å². The predicted octanol–water partition coefficient (Wildman–Crippen LogP) is 1.53. The fraction of sp³-hybridized carbons (Fsp3) is 0.857. The van der Waals surface area contributed by atoms with E-state index in [0.717, 1.165) is 45.3 Å². The molecular weight excluding hydrogens is 226 g/mol. The van der Waals surface area contributed by atoms with Crippen LogP contribution in [0.3, 0.4) is 0 Å². The zero-order valence-electron chi connectivity index (χ0n) is 11.2. The van der Waals surface area contributed by atoms with E-state index < -0.39 is 5.41 Å². The van der Waals surface area contributed by atoms with Crippen molar-refractivity contribution in [2.75, 3.05) is 26.7 Å². The fourth-order valence-electron chi connectivity index (χ4n) is 3.21. The lowest BCUT2D eigenvalue weighted by Gasteiger charge is -2.30. The summed E-state index contributed by atoms with van der Waals surface area (Å²) in [7, 11) is 2.13. The van der Waals surface area contributed by atoms with Crippen molar-refractivity contribution in [3.8, 4) is 6.07 Å². The third kappa shape index (κ3) is 2.84. The molecule has 0 spiro atoms. The molecule has 18 heavy (non-hydrogen) atoms. The number of nitriles is 1. The van der Waals surface area contributed by atoms with E-state index >= 15 is 0 Å². The van der Waals surface area contributed by atoms with Gasteiger partial charge in [-0.05, 0) is 45.2 Å². The lowest BCUT2D eigenvalue weighted by atomic mass is 9.86. The molecule has 0 aromatic heterocycles. The van der Waals surface area contributed by atoms with E-state index in [9.17, 15) is 10.1 Å². The minimum absolute atomic E-state index is 0.0317. The van der Waals surface area contributed by atoms with Gasteiger partial charge in [0, 0.05) is 13.1 Å². The van der Waals surface area contributed by atoms with E-state index in [1.165, 1.54) is 12.8 Å². The summed E-state index contributed by atoms with van der Waals surface area (Å²) < 4.78 is 0. The maximum atomic E-state index is 12.2. The molecule has 1 aliphatic heterocycles. The molecule has 1 saturated heterocycles. The van der Waals surface area contributed by atoms with Crippen molar-refractivity contribution in [3.05, 3.63) is 0 Å². The minimum atomic E-state index is -0.722. The highest BCUT2D eigenvalue weighted by molar-refractivity contribution is 5.85. The third-order valence-corrected chi connectivity index (χ3v) is 4.38. The normalized spacial score (nSPS) is 27.7. The van der Waals surface area contributed by atoms with Gasteiger partial charge in [0.05, 0.1) is 6.07 Å². The summed E-state index contributed by atoms with van der Waals surface area (Å²) in [4.78, 5) is 14.5. The van der Waals surface area contributed by atoms with Gasteiger partial charge in [0.15, 0.2) is 0 Å². The summed E-state index contributed by atoms with van der Waals surface area (Å²) in [6, 6.07) is 2.25. The first-order valence-corrected chi connectivity index (χ1v) is 7.04. The van der Waals surface area contributed by atoms with E-state index in [-0.39, 0.29) is 5.91 Å². The van der Waals surface area contributed by atoms with Gasteiger partial charge in [-0.1, -0.05) is 12.8 Å². The second-order valence-corrected chi connectivity index (χ2v) is 5.88. The van der Waals surface area contributed by atoms with Crippen molar-refractivity contribution < 1.29 is 4.79 Å². The molecule has 0 aromatic rings. The second kappa shape index (κ2) is 5.71. The molecule has 0 aromatic carbocycles. The number of carbonyl (C=O) groups excluding carboxylic acids is 1. The quantitative estimate of drug-likeness (QED) is 0.825. The molecule has 100 valence electrons. The van der Waals surface area contributed by atoms with E-state index in [2.05, 4.69) is 23.3 Å². The molecule has 2 rings (SSSR count). The summed E-state index contributed by atoms with van der Waals surface area (Å²) >= 11 is 0. The van der Waals surface area contributed by atoms with E-state index in [1.807, 2.05) is 0 Å². The number of rotatable bonds is 3. The smallest absolute Gasteiger partial charge is 0.240 e. The molecule has 1 heterocycles. The minimum Gasteiger partial charge on any atom is -0.354 e. The van der Waals surface area contributed by atoms with Gasteiger partial charge in [0.1, 0.15) is 5.41 Å². The summed E-state index contributed by atoms with van der Waals surface area (Å²) in [5, 5.41) is 12.3. The lowest BCUT2D eigenvalue weighted by Crippen LogP contribution is -2.43. The van der Waals surface area contributed by atoms with Crippen LogP contribution in [0.5, 0.6) is 0 Å². The van der Waals surface area contributed by atoms with E-state index in [4.69, 9.17) is 0 Å². The number of hydrogen-bond donors (Lipinski definition) is 1. The second-order valence-electron chi connectivity index (χ2n) is 5.88. The van der Waals surface area contributed by atoms with Crippen LogP contribution in [0.15, 0.2) is 0 Å². The maximum absolute atomic E-state index is 12.2. The standard InChI is InChI=1S/C14H23N3O/c1-17-8-4-5-12(10-17)9-16-13(18)14(11-15)6-2-3-7-14/h12H,2-10H2,1H3,(H,16,18). The number of piperidine rings is 1. The Morgan fingerprint density at radius 1 is 1.44 bits per heavy atom. The summed E-state index contributed by atoms with van der Waals surface area (Å²) in [5.74, 6) is 0.514. The lowest BCUT2D eigenvalue weighted by molar-refractivity contribution is -0.128. The zero-order valence-corrected chi connectivity index (χ0v) is 11.2. The number of nitrogens with one attached hydrogen (secondary N) is 1. The number of carbonyl (C=O) groups is 1. The van der Waals surface area contributed by atoms with Crippen LogP contribution in [-0.2, 0) is 4.79 Å². The molecule has 0 bridgehead atoms. The zero-order chi connectivity index (χ0) is 13.0. The summed E-state index contributed by atoms with van der Waals surface area (Å²) in [6.07, 6.45) is 5.88. The third-order valence-electron chi connectivity index (χ3n) is 4.38. The van der Waals surface area contributed by atoms with Crippen LogP contribution < -0.4 is 5.32 Å². The Hall–Kier alpha value is -1.08. The molecular formula is C14H23N3O. The van der Waals surface area contributed by atoms with Gasteiger partial charge in [-0.3, -0.25) is 4.79 Å². The van der Waals surface area contributed by atoms with Gasteiger partial charge in [-0.25, -0.2) is 0 Å². The molecule has 1 atom stereocenters. The van der Waals surface area contributed by atoms with Crippen molar-refractivity contribution in [3.63, 3.8) is 0 Å². The molecule has 4 nitrogen and oxygen atoms in total.